The third-order valence-electron chi connectivity index (χ3n) is 5.80. The average Bonchev–Trinajstić information content (AvgIpc) is 3.49. The Morgan fingerprint density at radius 3 is 2.63 bits per heavy atom. The molecule has 3 heterocycles. The molecule has 1 N–H and O–H groups in total. The molecule has 2 fully saturated rings. The number of nitrogens with zero attached hydrogens (tertiary/aromatic N) is 4. The Morgan fingerprint density at radius 1 is 1.20 bits per heavy atom. The van der Waals surface area contributed by atoms with E-state index in [9.17, 15) is 4.79 Å². The number of piperazine rings is 1. The minimum absolute atomic E-state index is 0.0314. The van der Waals surface area contributed by atoms with E-state index in [1.807, 2.05) is 17.0 Å². The molecule has 2 aliphatic rings. The van der Waals surface area contributed by atoms with Crippen LogP contribution in [-0.2, 0) is 16.1 Å². The Hall–Kier alpha value is -2.06. The van der Waals surface area contributed by atoms with E-state index < -0.39 is 0 Å². The van der Waals surface area contributed by atoms with Crippen LogP contribution in [0.2, 0.25) is 0 Å². The maximum Gasteiger partial charge on any atom is 0.239 e. The standard InChI is InChI=1S/C22H37N5O3/c1-3-23-22(24-9-7-16-29-18-20-8-6-17-30-20)27-14-12-25(13-15-27)19(2)21(28)26-10-4-5-11-26/h6,8,17,19H,3-5,7,9-16,18H2,1-2H3,(H,23,24). The molecule has 1 aromatic rings. The number of likely N-dealkylation sites (tertiary alicyclic amines) is 1. The topological polar surface area (TPSA) is 73.5 Å². The third kappa shape index (κ3) is 6.47. The smallest absolute Gasteiger partial charge is 0.239 e. The van der Waals surface area contributed by atoms with Crippen LogP contribution in [0.5, 0.6) is 0 Å². The number of ether oxygens (including phenoxy) is 1. The van der Waals surface area contributed by atoms with Gasteiger partial charge in [-0.1, -0.05) is 0 Å². The molecule has 1 atom stereocenters. The highest BCUT2D eigenvalue weighted by molar-refractivity contribution is 5.82. The molecule has 0 spiro atoms. The number of hydrogen-bond acceptors (Lipinski definition) is 5. The van der Waals surface area contributed by atoms with Crippen LogP contribution in [0.1, 0.15) is 38.9 Å². The summed E-state index contributed by atoms with van der Waals surface area (Å²) in [6.45, 7) is 12.3. The molecular weight excluding hydrogens is 382 g/mol. The van der Waals surface area contributed by atoms with Crippen LogP contribution < -0.4 is 5.32 Å². The fraction of sp³-hybridized carbons (Fsp3) is 0.727. The minimum Gasteiger partial charge on any atom is -0.467 e. The molecule has 0 saturated carbocycles. The average molecular weight is 420 g/mol. The van der Waals surface area contributed by atoms with Gasteiger partial charge in [-0.2, -0.15) is 0 Å². The number of carbonyl (C=O) groups is 1. The van der Waals surface area contributed by atoms with Crippen LogP contribution in [0.3, 0.4) is 0 Å². The summed E-state index contributed by atoms with van der Waals surface area (Å²) in [5, 5.41) is 3.40. The first-order valence-corrected chi connectivity index (χ1v) is 11.3. The summed E-state index contributed by atoms with van der Waals surface area (Å²) in [5.41, 5.74) is 0. The largest absolute Gasteiger partial charge is 0.467 e. The second-order valence-electron chi connectivity index (χ2n) is 7.95. The lowest BCUT2D eigenvalue weighted by molar-refractivity contribution is -0.135. The van der Waals surface area contributed by atoms with E-state index in [2.05, 4.69) is 29.0 Å². The maximum absolute atomic E-state index is 12.7. The Labute approximate surface area is 180 Å². The van der Waals surface area contributed by atoms with Gasteiger partial charge in [0.25, 0.3) is 0 Å². The highest BCUT2D eigenvalue weighted by Gasteiger charge is 2.30. The molecular formula is C22H37N5O3. The number of carbonyl (C=O) groups excluding carboxylic acids is 1. The van der Waals surface area contributed by atoms with E-state index in [0.29, 0.717) is 13.2 Å². The Morgan fingerprint density at radius 2 is 1.97 bits per heavy atom. The summed E-state index contributed by atoms with van der Waals surface area (Å²) in [7, 11) is 0. The van der Waals surface area contributed by atoms with Gasteiger partial charge in [-0.05, 0) is 45.2 Å². The lowest BCUT2D eigenvalue weighted by Gasteiger charge is -2.39. The van der Waals surface area contributed by atoms with E-state index in [1.165, 1.54) is 0 Å². The van der Waals surface area contributed by atoms with Gasteiger partial charge in [-0.25, -0.2) is 0 Å². The summed E-state index contributed by atoms with van der Waals surface area (Å²) >= 11 is 0. The van der Waals surface area contributed by atoms with Crippen molar-refractivity contribution in [1.29, 1.82) is 0 Å². The first kappa shape index (κ1) is 22.6. The molecule has 168 valence electrons. The van der Waals surface area contributed by atoms with E-state index in [4.69, 9.17) is 14.1 Å². The molecule has 3 rings (SSSR count). The van der Waals surface area contributed by atoms with E-state index in [1.54, 1.807) is 6.26 Å². The van der Waals surface area contributed by atoms with Crippen molar-refractivity contribution in [3.05, 3.63) is 24.2 Å². The molecule has 1 unspecified atom stereocenters. The lowest BCUT2D eigenvalue weighted by Crippen LogP contribution is -2.57. The first-order valence-electron chi connectivity index (χ1n) is 11.3. The summed E-state index contributed by atoms with van der Waals surface area (Å²) in [4.78, 5) is 24.1. The van der Waals surface area contributed by atoms with E-state index >= 15 is 0 Å². The van der Waals surface area contributed by atoms with Crippen LogP contribution in [0.4, 0.5) is 0 Å². The predicted octanol–water partition coefficient (Wildman–Crippen LogP) is 1.78. The zero-order valence-electron chi connectivity index (χ0n) is 18.5. The van der Waals surface area contributed by atoms with Gasteiger partial charge in [0.05, 0.1) is 12.3 Å². The molecule has 8 nitrogen and oxygen atoms in total. The molecule has 0 aliphatic carbocycles. The highest BCUT2D eigenvalue weighted by atomic mass is 16.5. The van der Waals surface area contributed by atoms with Gasteiger partial charge in [0.2, 0.25) is 5.91 Å². The molecule has 1 aromatic heterocycles. The van der Waals surface area contributed by atoms with Gasteiger partial charge in [0.15, 0.2) is 5.96 Å². The van der Waals surface area contributed by atoms with Crippen LogP contribution in [0.15, 0.2) is 27.8 Å². The number of guanidine groups is 1. The number of furan rings is 1. The van der Waals surface area contributed by atoms with Crippen molar-refractivity contribution < 1.29 is 13.9 Å². The van der Waals surface area contributed by atoms with Crippen molar-refractivity contribution in [3.63, 3.8) is 0 Å². The second kappa shape index (κ2) is 12.0. The molecule has 0 aromatic carbocycles. The van der Waals surface area contributed by atoms with Gasteiger partial charge >= 0.3 is 0 Å². The molecule has 8 heteroatoms. The summed E-state index contributed by atoms with van der Waals surface area (Å²) < 4.78 is 10.9. The number of aliphatic imine (C=N–C) groups is 1. The molecule has 2 saturated heterocycles. The summed E-state index contributed by atoms with van der Waals surface area (Å²) in [6, 6.07) is 3.76. The SMILES string of the molecule is CCNC(=NCCCOCc1ccco1)N1CCN(C(C)C(=O)N2CCCC2)CC1. The van der Waals surface area contributed by atoms with Gasteiger partial charge < -0.3 is 24.3 Å². The van der Waals surface area contributed by atoms with E-state index in [0.717, 1.165) is 83.3 Å². The maximum atomic E-state index is 12.7. The van der Waals surface area contributed by atoms with Crippen molar-refractivity contribution in [1.82, 2.24) is 20.0 Å². The number of amides is 1. The van der Waals surface area contributed by atoms with Crippen molar-refractivity contribution >= 4 is 11.9 Å². The molecule has 0 radical (unpaired) electrons. The second-order valence-corrected chi connectivity index (χ2v) is 7.95. The van der Waals surface area contributed by atoms with E-state index in [-0.39, 0.29) is 11.9 Å². The number of nitrogens with one attached hydrogen (secondary N) is 1. The van der Waals surface area contributed by atoms with Crippen LogP contribution >= 0.6 is 0 Å². The first-order chi connectivity index (χ1) is 14.7. The normalized spacial score (nSPS) is 19.3. The molecule has 1 amide bonds. The van der Waals surface area contributed by atoms with Crippen molar-refractivity contribution in [3.8, 4) is 0 Å². The highest BCUT2D eigenvalue weighted by Crippen LogP contribution is 2.14. The Balaban J connectivity index is 1.39. The van der Waals surface area contributed by atoms with Crippen LogP contribution in [0, 0.1) is 0 Å². The Bertz CT molecular complexity index is 650. The summed E-state index contributed by atoms with van der Waals surface area (Å²) in [6.07, 6.45) is 4.82. The number of hydrogen-bond donors (Lipinski definition) is 1. The zero-order chi connectivity index (χ0) is 21.2. The van der Waals surface area contributed by atoms with Crippen molar-refractivity contribution in [2.24, 2.45) is 4.99 Å². The van der Waals surface area contributed by atoms with Crippen molar-refractivity contribution in [2.45, 2.75) is 45.8 Å². The predicted molar refractivity (Wildman–Crippen MR) is 117 cm³/mol. The van der Waals surface area contributed by atoms with Crippen LogP contribution in [-0.4, -0.2) is 91.6 Å². The third-order valence-corrected chi connectivity index (χ3v) is 5.80. The van der Waals surface area contributed by atoms with Gasteiger partial charge in [0, 0.05) is 59.0 Å². The van der Waals surface area contributed by atoms with Gasteiger partial charge in [0.1, 0.15) is 12.4 Å². The molecule has 0 bridgehead atoms. The monoisotopic (exact) mass is 419 g/mol. The zero-order valence-corrected chi connectivity index (χ0v) is 18.5. The number of rotatable bonds is 9. The van der Waals surface area contributed by atoms with Gasteiger partial charge in [-0.15, -0.1) is 0 Å². The lowest BCUT2D eigenvalue weighted by atomic mass is 10.2. The fourth-order valence-electron chi connectivity index (χ4n) is 4.02. The van der Waals surface area contributed by atoms with Gasteiger partial charge in [-0.3, -0.25) is 14.7 Å². The molecule has 2 aliphatic heterocycles. The van der Waals surface area contributed by atoms with Crippen LogP contribution in [0.25, 0.3) is 0 Å². The summed E-state index contributed by atoms with van der Waals surface area (Å²) in [5.74, 6) is 2.10. The molecule has 30 heavy (non-hydrogen) atoms. The van der Waals surface area contributed by atoms with Crippen molar-refractivity contribution in [2.75, 3.05) is 59.0 Å². The fourth-order valence-corrected chi connectivity index (χ4v) is 4.02. The minimum atomic E-state index is -0.0314. The Kier molecular flexibility index (Phi) is 9.01. The quantitative estimate of drug-likeness (QED) is 0.374.